The zero-order chi connectivity index (χ0) is 10.6. The summed E-state index contributed by atoms with van der Waals surface area (Å²) in [6.45, 7) is 1.74. The van der Waals surface area contributed by atoms with Crippen LogP contribution in [0, 0.1) is 6.92 Å². The molecule has 1 atom stereocenters. The molecule has 0 aliphatic carbocycles. The Balaban J connectivity index is 2.58. The highest BCUT2D eigenvalue weighted by atomic mass is 16.3. The number of aromatic nitrogens is 2. The van der Waals surface area contributed by atoms with Crippen LogP contribution in [0.25, 0.3) is 0 Å². The first-order chi connectivity index (χ1) is 6.61. The van der Waals surface area contributed by atoms with Gasteiger partial charge in [0.05, 0.1) is 12.7 Å². The third kappa shape index (κ3) is 3.15. The van der Waals surface area contributed by atoms with Crippen molar-refractivity contribution in [3.63, 3.8) is 0 Å². The molecule has 0 aliphatic rings. The van der Waals surface area contributed by atoms with Crippen LogP contribution in [0.15, 0.2) is 6.07 Å². The summed E-state index contributed by atoms with van der Waals surface area (Å²) in [5.74, 6) is 0.730. The molecule has 0 aliphatic heterocycles. The number of hydrogen-bond acceptors (Lipinski definition) is 6. The Kier molecular flexibility index (Phi) is 3.61. The average Bonchev–Trinajstić information content (AvgIpc) is 2.12. The van der Waals surface area contributed by atoms with Crippen LogP contribution in [0.3, 0.4) is 0 Å². The van der Waals surface area contributed by atoms with E-state index < -0.39 is 6.10 Å². The number of anilines is 2. The highest BCUT2D eigenvalue weighted by molar-refractivity contribution is 5.40. The molecule has 1 rings (SSSR count). The lowest BCUT2D eigenvalue weighted by Gasteiger charge is -2.09. The fourth-order valence-electron chi connectivity index (χ4n) is 0.969. The van der Waals surface area contributed by atoms with Crippen molar-refractivity contribution in [1.82, 2.24) is 9.97 Å². The fraction of sp³-hybridized carbons (Fsp3) is 0.500. The van der Waals surface area contributed by atoms with E-state index in [2.05, 4.69) is 15.3 Å². The molecule has 14 heavy (non-hydrogen) atoms. The molecule has 1 aromatic heterocycles. The van der Waals surface area contributed by atoms with Crippen LogP contribution in [0.5, 0.6) is 0 Å². The number of nitrogens with two attached hydrogens (primary N) is 1. The number of hydrogen-bond donors (Lipinski definition) is 4. The molecule has 0 spiro atoms. The summed E-state index contributed by atoms with van der Waals surface area (Å²) in [6.07, 6.45) is -0.800. The van der Waals surface area contributed by atoms with E-state index in [0.29, 0.717) is 5.82 Å². The van der Waals surface area contributed by atoms with E-state index >= 15 is 0 Å². The van der Waals surface area contributed by atoms with Crippen molar-refractivity contribution >= 4 is 11.8 Å². The number of nitrogen functional groups attached to an aromatic ring is 1. The molecule has 0 radical (unpaired) electrons. The number of aliphatic hydroxyl groups excluding tert-OH is 2. The maximum absolute atomic E-state index is 9.07. The van der Waals surface area contributed by atoms with Gasteiger partial charge in [-0.25, -0.2) is 4.98 Å². The van der Waals surface area contributed by atoms with E-state index in [-0.39, 0.29) is 19.1 Å². The van der Waals surface area contributed by atoms with E-state index in [0.717, 1.165) is 5.69 Å². The first-order valence-corrected chi connectivity index (χ1v) is 4.25. The van der Waals surface area contributed by atoms with E-state index in [1.807, 2.05) is 0 Å². The molecular formula is C8H14N4O2. The first-order valence-electron chi connectivity index (χ1n) is 4.25. The highest BCUT2D eigenvalue weighted by Crippen LogP contribution is 2.06. The second kappa shape index (κ2) is 4.73. The number of aliphatic hydroxyl groups is 2. The van der Waals surface area contributed by atoms with Crippen molar-refractivity contribution in [2.24, 2.45) is 0 Å². The standard InChI is InChI=1S/C8H14N4O2/c1-5-2-7(12-8(9)11-5)10-3-6(14)4-13/h2,6,13-14H,3-4H2,1H3,(H3,9,10,11,12). The summed E-state index contributed by atoms with van der Waals surface area (Å²) in [7, 11) is 0. The summed E-state index contributed by atoms with van der Waals surface area (Å²) in [5, 5.41) is 20.5. The van der Waals surface area contributed by atoms with Gasteiger partial charge in [0, 0.05) is 18.3 Å². The molecule has 5 N–H and O–H groups in total. The molecular weight excluding hydrogens is 184 g/mol. The van der Waals surface area contributed by atoms with Crippen molar-refractivity contribution in [1.29, 1.82) is 0 Å². The summed E-state index contributed by atoms with van der Waals surface area (Å²) in [5.41, 5.74) is 6.17. The second-order valence-corrected chi connectivity index (χ2v) is 2.97. The molecule has 0 amide bonds. The van der Waals surface area contributed by atoms with Gasteiger partial charge in [0.25, 0.3) is 0 Å². The van der Waals surface area contributed by atoms with Gasteiger partial charge in [0.2, 0.25) is 5.95 Å². The summed E-state index contributed by atoms with van der Waals surface area (Å²) < 4.78 is 0. The smallest absolute Gasteiger partial charge is 0.222 e. The normalized spacial score (nSPS) is 12.5. The molecule has 1 heterocycles. The lowest BCUT2D eigenvalue weighted by molar-refractivity contribution is 0.105. The molecule has 1 aromatic rings. The SMILES string of the molecule is Cc1cc(NCC(O)CO)nc(N)n1. The van der Waals surface area contributed by atoms with Gasteiger partial charge in [-0.05, 0) is 6.92 Å². The minimum Gasteiger partial charge on any atom is -0.394 e. The van der Waals surface area contributed by atoms with Crippen LogP contribution >= 0.6 is 0 Å². The van der Waals surface area contributed by atoms with Gasteiger partial charge in [0.15, 0.2) is 0 Å². The van der Waals surface area contributed by atoms with Crippen LogP contribution in [-0.4, -0.2) is 39.4 Å². The van der Waals surface area contributed by atoms with E-state index in [9.17, 15) is 0 Å². The Morgan fingerprint density at radius 2 is 2.29 bits per heavy atom. The maximum atomic E-state index is 9.07. The summed E-state index contributed by atoms with van der Waals surface area (Å²) >= 11 is 0. The molecule has 0 bridgehead atoms. The predicted octanol–water partition coefficient (Wildman–Crippen LogP) is -0.868. The first kappa shape index (κ1) is 10.7. The molecule has 0 saturated carbocycles. The summed E-state index contributed by atoms with van der Waals surface area (Å²) in [4.78, 5) is 7.80. The van der Waals surface area contributed by atoms with Gasteiger partial charge in [-0.1, -0.05) is 0 Å². The van der Waals surface area contributed by atoms with Crippen LogP contribution in [0.1, 0.15) is 5.69 Å². The van der Waals surface area contributed by atoms with Gasteiger partial charge < -0.3 is 21.3 Å². The van der Waals surface area contributed by atoms with Crippen molar-refractivity contribution in [2.45, 2.75) is 13.0 Å². The fourth-order valence-corrected chi connectivity index (χ4v) is 0.969. The zero-order valence-electron chi connectivity index (χ0n) is 7.94. The quantitative estimate of drug-likeness (QED) is 0.501. The Bertz CT molecular complexity index is 285. The number of aryl methyl sites for hydroxylation is 1. The van der Waals surface area contributed by atoms with Gasteiger partial charge in [-0.15, -0.1) is 0 Å². The molecule has 6 heteroatoms. The number of nitrogens with zero attached hydrogens (tertiary/aromatic N) is 2. The van der Waals surface area contributed by atoms with Crippen molar-refractivity contribution in [3.05, 3.63) is 11.8 Å². The van der Waals surface area contributed by atoms with Crippen LogP contribution in [-0.2, 0) is 0 Å². The molecule has 6 nitrogen and oxygen atoms in total. The zero-order valence-corrected chi connectivity index (χ0v) is 7.94. The highest BCUT2D eigenvalue weighted by Gasteiger charge is 2.03. The molecule has 1 unspecified atom stereocenters. The topological polar surface area (TPSA) is 104 Å². The van der Waals surface area contributed by atoms with Crippen LogP contribution < -0.4 is 11.1 Å². The van der Waals surface area contributed by atoms with Crippen molar-refractivity contribution in [3.8, 4) is 0 Å². The monoisotopic (exact) mass is 198 g/mol. The Morgan fingerprint density at radius 3 is 2.86 bits per heavy atom. The Labute approximate surface area is 81.8 Å². The van der Waals surface area contributed by atoms with Crippen molar-refractivity contribution < 1.29 is 10.2 Å². The Morgan fingerprint density at radius 1 is 1.57 bits per heavy atom. The Hall–Kier alpha value is -1.40. The second-order valence-electron chi connectivity index (χ2n) is 2.97. The maximum Gasteiger partial charge on any atom is 0.222 e. The van der Waals surface area contributed by atoms with Gasteiger partial charge in [-0.3, -0.25) is 0 Å². The van der Waals surface area contributed by atoms with Gasteiger partial charge in [0.1, 0.15) is 5.82 Å². The van der Waals surface area contributed by atoms with Gasteiger partial charge in [-0.2, -0.15) is 4.98 Å². The predicted molar refractivity (Wildman–Crippen MR) is 52.8 cm³/mol. The molecule has 78 valence electrons. The average molecular weight is 198 g/mol. The van der Waals surface area contributed by atoms with Crippen molar-refractivity contribution in [2.75, 3.05) is 24.2 Å². The third-order valence-electron chi connectivity index (χ3n) is 1.60. The van der Waals surface area contributed by atoms with Crippen LogP contribution in [0.4, 0.5) is 11.8 Å². The summed E-state index contributed by atoms with van der Waals surface area (Å²) in [6, 6.07) is 1.71. The largest absolute Gasteiger partial charge is 0.394 e. The lowest BCUT2D eigenvalue weighted by atomic mass is 10.3. The minimum atomic E-state index is -0.800. The molecule has 0 fully saturated rings. The van der Waals surface area contributed by atoms with Gasteiger partial charge >= 0.3 is 0 Å². The third-order valence-corrected chi connectivity index (χ3v) is 1.60. The van der Waals surface area contributed by atoms with E-state index in [1.54, 1.807) is 13.0 Å². The molecule has 0 aromatic carbocycles. The van der Waals surface area contributed by atoms with E-state index in [4.69, 9.17) is 15.9 Å². The molecule has 0 saturated heterocycles. The number of nitrogens with one attached hydrogen (secondary N) is 1. The van der Waals surface area contributed by atoms with Crippen LogP contribution in [0.2, 0.25) is 0 Å². The van der Waals surface area contributed by atoms with E-state index in [1.165, 1.54) is 0 Å². The lowest BCUT2D eigenvalue weighted by Crippen LogP contribution is -2.23. The number of rotatable bonds is 4. The minimum absolute atomic E-state index is 0.186.